The maximum absolute atomic E-state index is 12.4. The highest BCUT2D eigenvalue weighted by atomic mass is 32.2. The summed E-state index contributed by atoms with van der Waals surface area (Å²) in [5, 5.41) is 10.2. The van der Waals surface area contributed by atoms with Crippen LogP contribution in [0.15, 0.2) is 47.4 Å². The van der Waals surface area contributed by atoms with E-state index in [4.69, 9.17) is 10.8 Å². The molecule has 0 bridgehead atoms. The summed E-state index contributed by atoms with van der Waals surface area (Å²) < 4.78 is 26.8. The predicted octanol–water partition coefficient (Wildman–Crippen LogP) is 0.447. The summed E-state index contributed by atoms with van der Waals surface area (Å²) in [6, 6.07) is 9.86. The number of carbonyl (C=O) groups is 2. The van der Waals surface area contributed by atoms with Gasteiger partial charge in [-0.2, -0.15) is 4.72 Å². The van der Waals surface area contributed by atoms with Crippen molar-refractivity contribution in [3.63, 3.8) is 0 Å². The van der Waals surface area contributed by atoms with Gasteiger partial charge in [0.15, 0.2) is 0 Å². The molecule has 0 aliphatic carbocycles. The number of benzene rings is 2. The van der Waals surface area contributed by atoms with E-state index in [0.717, 1.165) is 0 Å². The first kappa shape index (κ1) is 15.9. The number of primary amides is 1. The summed E-state index contributed by atoms with van der Waals surface area (Å²) in [4.78, 5) is 21.9. The summed E-state index contributed by atoms with van der Waals surface area (Å²) in [5.74, 6) is -2.38. The maximum Gasteiger partial charge on any atom is 0.322 e. The monoisotopic (exact) mass is 322 g/mol. The van der Waals surface area contributed by atoms with Crippen molar-refractivity contribution in [2.24, 2.45) is 5.73 Å². The smallest absolute Gasteiger partial charge is 0.322 e. The molecule has 8 heteroatoms. The van der Waals surface area contributed by atoms with Crippen LogP contribution in [0, 0.1) is 0 Å². The Balaban J connectivity index is 2.44. The number of carboxylic acid groups (broad SMARTS) is 1. The predicted molar refractivity (Wildman–Crippen MR) is 79.5 cm³/mol. The molecule has 1 atom stereocenters. The number of sulfonamides is 1. The molecule has 0 radical (unpaired) electrons. The molecule has 0 aliphatic heterocycles. The van der Waals surface area contributed by atoms with Crippen LogP contribution in [0.2, 0.25) is 0 Å². The van der Waals surface area contributed by atoms with Gasteiger partial charge in [0.25, 0.3) is 0 Å². The summed E-state index contributed by atoms with van der Waals surface area (Å²) in [6.07, 6.45) is -0.626. The molecule has 0 saturated carbocycles. The molecular weight excluding hydrogens is 308 g/mol. The highest BCUT2D eigenvalue weighted by molar-refractivity contribution is 7.89. The molecule has 2 aromatic carbocycles. The molecule has 0 saturated heterocycles. The second-order valence-corrected chi connectivity index (χ2v) is 6.34. The van der Waals surface area contributed by atoms with Crippen molar-refractivity contribution in [1.29, 1.82) is 0 Å². The standard InChI is InChI=1S/C14H14N2O5S/c15-13(17)8-11(14(18)19)16-22(20,21)12-7-3-5-9-4-1-2-6-10(9)12/h1-7,11,16H,8H2,(H2,15,17)(H,18,19). The number of hydrogen-bond acceptors (Lipinski definition) is 4. The molecule has 4 N–H and O–H groups in total. The normalized spacial score (nSPS) is 12.9. The van der Waals surface area contributed by atoms with Crippen LogP contribution in [0.1, 0.15) is 6.42 Å². The van der Waals surface area contributed by atoms with Crippen molar-refractivity contribution in [2.75, 3.05) is 0 Å². The number of carbonyl (C=O) groups excluding carboxylic acids is 1. The van der Waals surface area contributed by atoms with Crippen LogP contribution in [0.5, 0.6) is 0 Å². The third kappa shape index (κ3) is 3.41. The first-order valence-corrected chi connectivity index (χ1v) is 7.81. The lowest BCUT2D eigenvalue weighted by atomic mass is 10.1. The number of aliphatic carboxylic acids is 1. The molecule has 1 unspecified atom stereocenters. The lowest BCUT2D eigenvalue weighted by Gasteiger charge is -2.14. The lowest BCUT2D eigenvalue weighted by molar-refractivity contribution is -0.140. The van der Waals surface area contributed by atoms with Crippen molar-refractivity contribution in [1.82, 2.24) is 4.72 Å². The van der Waals surface area contributed by atoms with E-state index < -0.39 is 34.4 Å². The van der Waals surface area contributed by atoms with E-state index in [1.165, 1.54) is 6.07 Å². The number of carboxylic acids is 1. The minimum atomic E-state index is -4.12. The van der Waals surface area contributed by atoms with E-state index in [1.54, 1.807) is 36.4 Å². The Kier molecular flexibility index (Phi) is 4.43. The van der Waals surface area contributed by atoms with E-state index in [9.17, 15) is 18.0 Å². The summed E-state index contributed by atoms with van der Waals surface area (Å²) >= 11 is 0. The highest BCUT2D eigenvalue weighted by Gasteiger charge is 2.27. The van der Waals surface area contributed by atoms with Gasteiger partial charge in [-0.05, 0) is 11.5 Å². The van der Waals surface area contributed by atoms with Crippen molar-refractivity contribution >= 4 is 32.7 Å². The molecule has 2 rings (SSSR count). The third-order valence-electron chi connectivity index (χ3n) is 3.04. The molecule has 0 spiro atoms. The molecule has 1 amide bonds. The van der Waals surface area contributed by atoms with Crippen molar-refractivity contribution in [3.05, 3.63) is 42.5 Å². The number of fused-ring (bicyclic) bond motifs is 1. The fourth-order valence-corrected chi connectivity index (χ4v) is 3.48. The first-order chi connectivity index (χ1) is 10.3. The van der Waals surface area contributed by atoms with Gasteiger partial charge < -0.3 is 10.8 Å². The van der Waals surface area contributed by atoms with Crippen molar-refractivity contribution < 1.29 is 23.1 Å². The van der Waals surface area contributed by atoms with Crippen LogP contribution in [-0.2, 0) is 19.6 Å². The van der Waals surface area contributed by atoms with E-state index >= 15 is 0 Å². The second kappa shape index (κ2) is 6.12. The van der Waals surface area contributed by atoms with Gasteiger partial charge in [-0.1, -0.05) is 36.4 Å². The zero-order chi connectivity index (χ0) is 16.3. The van der Waals surface area contributed by atoms with Crippen LogP contribution >= 0.6 is 0 Å². The Morgan fingerprint density at radius 2 is 1.77 bits per heavy atom. The molecule has 2 aromatic rings. The quantitative estimate of drug-likeness (QED) is 0.711. The largest absolute Gasteiger partial charge is 0.480 e. The highest BCUT2D eigenvalue weighted by Crippen LogP contribution is 2.22. The number of nitrogens with two attached hydrogens (primary N) is 1. The molecule has 0 aliphatic rings. The molecule has 0 fully saturated rings. The van der Waals surface area contributed by atoms with Gasteiger partial charge in [0, 0.05) is 5.39 Å². The number of hydrogen-bond donors (Lipinski definition) is 3. The van der Waals surface area contributed by atoms with Gasteiger partial charge in [0.2, 0.25) is 15.9 Å². The topological polar surface area (TPSA) is 127 Å². The Morgan fingerprint density at radius 1 is 1.14 bits per heavy atom. The van der Waals surface area contributed by atoms with Gasteiger partial charge in [0.05, 0.1) is 11.3 Å². The van der Waals surface area contributed by atoms with E-state index in [1.807, 2.05) is 4.72 Å². The van der Waals surface area contributed by atoms with Gasteiger partial charge in [-0.3, -0.25) is 9.59 Å². The lowest BCUT2D eigenvalue weighted by Crippen LogP contribution is -2.43. The minimum absolute atomic E-state index is 0.0543. The van der Waals surface area contributed by atoms with E-state index in [0.29, 0.717) is 10.8 Å². The minimum Gasteiger partial charge on any atom is -0.480 e. The Bertz CT molecular complexity index is 827. The van der Waals surface area contributed by atoms with Crippen LogP contribution in [0.4, 0.5) is 0 Å². The van der Waals surface area contributed by atoms with Crippen molar-refractivity contribution in [2.45, 2.75) is 17.4 Å². The average Bonchev–Trinajstić information content (AvgIpc) is 2.45. The van der Waals surface area contributed by atoms with Crippen LogP contribution < -0.4 is 10.5 Å². The maximum atomic E-state index is 12.4. The van der Waals surface area contributed by atoms with Gasteiger partial charge >= 0.3 is 5.97 Å². The number of nitrogens with one attached hydrogen (secondary N) is 1. The Morgan fingerprint density at radius 3 is 2.41 bits per heavy atom. The van der Waals surface area contributed by atoms with Crippen LogP contribution in [-0.4, -0.2) is 31.4 Å². The number of rotatable bonds is 6. The summed E-state index contributed by atoms with van der Waals surface area (Å²) in [7, 11) is -4.12. The first-order valence-electron chi connectivity index (χ1n) is 6.32. The van der Waals surface area contributed by atoms with Crippen molar-refractivity contribution in [3.8, 4) is 0 Å². The summed E-state index contributed by atoms with van der Waals surface area (Å²) in [6.45, 7) is 0. The molecular formula is C14H14N2O5S. The zero-order valence-corrected chi connectivity index (χ0v) is 12.2. The number of amides is 1. The SMILES string of the molecule is NC(=O)CC(NS(=O)(=O)c1cccc2ccccc12)C(=O)O. The fraction of sp³-hybridized carbons (Fsp3) is 0.143. The zero-order valence-electron chi connectivity index (χ0n) is 11.4. The van der Waals surface area contributed by atoms with Crippen LogP contribution in [0.3, 0.4) is 0 Å². The molecule has 0 heterocycles. The van der Waals surface area contributed by atoms with Crippen LogP contribution in [0.25, 0.3) is 10.8 Å². The third-order valence-corrected chi connectivity index (χ3v) is 4.57. The Labute approximate surface area is 126 Å². The van der Waals surface area contributed by atoms with Gasteiger partial charge in [-0.15, -0.1) is 0 Å². The molecule has 0 aromatic heterocycles. The van der Waals surface area contributed by atoms with Gasteiger partial charge in [0.1, 0.15) is 6.04 Å². The fourth-order valence-electron chi connectivity index (χ4n) is 2.06. The Hall–Kier alpha value is -2.45. The van der Waals surface area contributed by atoms with E-state index in [2.05, 4.69) is 0 Å². The van der Waals surface area contributed by atoms with E-state index in [-0.39, 0.29) is 4.90 Å². The van der Waals surface area contributed by atoms with Gasteiger partial charge in [-0.25, -0.2) is 8.42 Å². The average molecular weight is 322 g/mol. The summed E-state index contributed by atoms with van der Waals surface area (Å²) in [5.41, 5.74) is 4.94. The second-order valence-electron chi connectivity index (χ2n) is 4.66. The molecule has 116 valence electrons. The molecule has 7 nitrogen and oxygen atoms in total. The molecule has 22 heavy (non-hydrogen) atoms.